The van der Waals surface area contributed by atoms with E-state index in [1.165, 1.54) is 0 Å². The molecule has 0 saturated heterocycles. The van der Waals surface area contributed by atoms with Gasteiger partial charge in [0.15, 0.2) is 5.96 Å². The van der Waals surface area contributed by atoms with E-state index in [2.05, 4.69) is 5.32 Å². The van der Waals surface area contributed by atoms with Gasteiger partial charge in [-0.15, -0.1) is 0 Å². The first-order chi connectivity index (χ1) is 4.92. The molecular weight excluding hydrogens is 159 g/mol. The average Bonchev–Trinajstić information content (AvgIpc) is 1.78. The lowest BCUT2D eigenvalue weighted by atomic mass is 10.3. The van der Waals surface area contributed by atoms with E-state index in [4.69, 9.17) is 11.1 Å². The Morgan fingerprint density at radius 1 is 1.45 bits per heavy atom. The van der Waals surface area contributed by atoms with E-state index in [9.17, 15) is 13.2 Å². The molecule has 6 heteroatoms. The summed E-state index contributed by atoms with van der Waals surface area (Å²) in [6.45, 7) is 0.0921. The molecule has 0 aromatic rings. The number of guanidine groups is 1. The van der Waals surface area contributed by atoms with Crippen LogP contribution in [-0.4, -0.2) is 18.7 Å². The Morgan fingerprint density at radius 2 is 2.00 bits per heavy atom. The Balaban J connectivity index is 3.22. The third kappa shape index (κ3) is 9.06. The van der Waals surface area contributed by atoms with Crippen LogP contribution < -0.4 is 11.1 Å². The first-order valence-corrected chi connectivity index (χ1v) is 3.06. The number of nitrogens with one attached hydrogen (secondary N) is 2. The molecular formula is C5H10F3N3. The van der Waals surface area contributed by atoms with Crippen LogP contribution in [0, 0.1) is 5.41 Å². The van der Waals surface area contributed by atoms with Crippen LogP contribution in [0.3, 0.4) is 0 Å². The van der Waals surface area contributed by atoms with Crippen LogP contribution in [-0.2, 0) is 0 Å². The van der Waals surface area contributed by atoms with Gasteiger partial charge < -0.3 is 11.1 Å². The maximum atomic E-state index is 11.5. The smallest absolute Gasteiger partial charge is 0.370 e. The number of hydrogen-bond donors (Lipinski definition) is 3. The Labute approximate surface area is 62.3 Å². The molecule has 0 fully saturated rings. The van der Waals surface area contributed by atoms with E-state index in [0.29, 0.717) is 0 Å². The third-order valence-corrected chi connectivity index (χ3v) is 0.952. The van der Waals surface area contributed by atoms with E-state index < -0.39 is 12.6 Å². The molecule has 0 atom stereocenters. The molecule has 0 radical (unpaired) electrons. The molecule has 0 aliphatic heterocycles. The average molecular weight is 169 g/mol. The summed E-state index contributed by atoms with van der Waals surface area (Å²) in [6, 6.07) is 0. The summed E-state index contributed by atoms with van der Waals surface area (Å²) in [4.78, 5) is 0. The first-order valence-electron chi connectivity index (χ1n) is 3.06. The largest absolute Gasteiger partial charge is 0.389 e. The second-order valence-corrected chi connectivity index (χ2v) is 2.06. The van der Waals surface area contributed by atoms with Crippen molar-refractivity contribution in [1.29, 1.82) is 5.41 Å². The van der Waals surface area contributed by atoms with Gasteiger partial charge >= 0.3 is 6.18 Å². The van der Waals surface area contributed by atoms with Crippen LogP contribution in [0.4, 0.5) is 13.2 Å². The van der Waals surface area contributed by atoms with Crippen molar-refractivity contribution in [1.82, 2.24) is 5.32 Å². The van der Waals surface area contributed by atoms with Crippen LogP contribution in [0.1, 0.15) is 12.8 Å². The monoisotopic (exact) mass is 169 g/mol. The fourth-order valence-electron chi connectivity index (χ4n) is 0.512. The van der Waals surface area contributed by atoms with Gasteiger partial charge in [0.25, 0.3) is 0 Å². The van der Waals surface area contributed by atoms with Crippen molar-refractivity contribution >= 4 is 5.96 Å². The Bertz CT molecular complexity index is 131. The fourth-order valence-corrected chi connectivity index (χ4v) is 0.512. The van der Waals surface area contributed by atoms with E-state index in [0.717, 1.165) is 0 Å². The van der Waals surface area contributed by atoms with Gasteiger partial charge in [-0.1, -0.05) is 0 Å². The lowest BCUT2D eigenvalue weighted by Crippen LogP contribution is -2.31. The molecule has 0 spiro atoms. The zero-order chi connectivity index (χ0) is 8.91. The highest BCUT2D eigenvalue weighted by Gasteiger charge is 2.25. The Kier molecular flexibility index (Phi) is 3.70. The number of rotatable bonds is 3. The predicted molar refractivity (Wildman–Crippen MR) is 35.2 cm³/mol. The molecule has 3 nitrogen and oxygen atoms in total. The topological polar surface area (TPSA) is 61.9 Å². The maximum absolute atomic E-state index is 11.5. The van der Waals surface area contributed by atoms with E-state index >= 15 is 0 Å². The molecule has 0 saturated carbocycles. The third-order valence-electron chi connectivity index (χ3n) is 0.952. The minimum atomic E-state index is -4.11. The highest BCUT2D eigenvalue weighted by atomic mass is 19.4. The summed E-state index contributed by atoms with van der Waals surface area (Å²) in [6.07, 6.45) is -5.01. The van der Waals surface area contributed by atoms with Crippen molar-refractivity contribution in [2.75, 3.05) is 6.54 Å². The number of hydrogen-bond acceptors (Lipinski definition) is 1. The molecule has 4 N–H and O–H groups in total. The summed E-state index contributed by atoms with van der Waals surface area (Å²) in [5, 5.41) is 8.89. The molecule has 0 aliphatic carbocycles. The molecule has 0 unspecified atom stereocenters. The fraction of sp³-hybridized carbons (Fsp3) is 0.800. The normalized spacial score (nSPS) is 11.2. The minimum absolute atomic E-state index is 0.0525. The van der Waals surface area contributed by atoms with Gasteiger partial charge in [-0.2, -0.15) is 13.2 Å². The van der Waals surface area contributed by atoms with Crippen LogP contribution in [0.15, 0.2) is 0 Å². The van der Waals surface area contributed by atoms with Gasteiger partial charge in [0.1, 0.15) is 0 Å². The van der Waals surface area contributed by atoms with Gasteiger partial charge in [0.05, 0.1) is 0 Å². The first kappa shape index (κ1) is 10.1. The predicted octanol–water partition coefficient (Wildman–Crippen LogP) is 0.812. The SMILES string of the molecule is N=C(N)NCCCC(F)(F)F. The second kappa shape index (κ2) is 4.05. The van der Waals surface area contributed by atoms with Crippen LogP contribution >= 0.6 is 0 Å². The Morgan fingerprint density at radius 3 is 2.36 bits per heavy atom. The van der Waals surface area contributed by atoms with Crippen LogP contribution in [0.5, 0.6) is 0 Å². The molecule has 0 aromatic heterocycles. The molecule has 0 amide bonds. The van der Waals surface area contributed by atoms with Crippen molar-refractivity contribution in [3.05, 3.63) is 0 Å². The van der Waals surface area contributed by atoms with Gasteiger partial charge in [-0.05, 0) is 6.42 Å². The summed E-state index contributed by atoms with van der Waals surface area (Å²) < 4.78 is 34.4. The highest BCUT2D eigenvalue weighted by molar-refractivity contribution is 5.74. The number of alkyl halides is 3. The molecule has 66 valence electrons. The molecule has 11 heavy (non-hydrogen) atoms. The number of nitrogens with two attached hydrogens (primary N) is 1. The highest BCUT2D eigenvalue weighted by Crippen LogP contribution is 2.20. The summed E-state index contributed by atoms with van der Waals surface area (Å²) in [5.41, 5.74) is 4.83. The van der Waals surface area contributed by atoms with Crippen molar-refractivity contribution in [2.24, 2.45) is 5.73 Å². The van der Waals surface area contributed by atoms with Gasteiger partial charge in [0.2, 0.25) is 0 Å². The molecule has 0 rings (SSSR count). The van der Waals surface area contributed by atoms with Crippen molar-refractivity contribution in [3.8, 4) is 0 Å². The lowest BCUT2D eigenvalue weighted by Gasteiger charge is -2.06. The summed E-state index contributed by atoms with van der Waals surface area (Å²) in [7, 11) is 0. The molecule has 0 aliphatic rings. The molecule has 0 heterocycles. The minimum Gasteiger partial charge on any atom is -0.370 e. The van der Waals surface area contributed by atoms with E-state index in [1.54, 1.807) is 0 Å². The lowest BCUT2D eigenvalue weighted by molar-refractivity contribution is -0.135. The van der Waals surface area contributed by atoms with Crippen molar-refractivity contribution in [2.45, 2.75) is 19.0 Å². The number of halogens is 3. The maximum Gasteiger partial charge on any atom is 0.389 e. The Hall–Kier alpha value is -0.940. The summed E-state index contributed by atoms with van der Waals surface area (Å²) >= 11 is 0. The van der Waals surface area contributed by atoms with Gasteiger partial charge in [0, 0.05) is 13.0 Å². The van der Waals surface area contributed by atoms with E-state index in [-0.39, 0.29) is 18.9 Å². The zero-order valence-corrected chi connectivity index (χ0v) is 5.83. The van der Waals surface area contributed by atoms with Crippen molar-refractivity contribution in [3.63, 3.8) is 0 Å². The summed E-state index contributed by atoms with van der Waals surface area (Å²) in [5.74, 6) is -0.299. The molecule has 0 aromatic carbocycles. The standard InChI is InChI=1S/C5H10F3N3/c6-5(7,8)2-1-3-11-4(9)10/h1-3H2,(H4,9,10,11). The zero-order valence-electron chi connectivity index (χ0n) is 5.83. The quantitative estimate of drug-likeness (QED) is 0.332. The van der Waals surface area contributed by atoms with Crippen LogP contribution in [0.2, 0.25) is 0 Å². The van der Waals surface area contributed by atoms with Gasteiger partial charge in [-0.25, -0.2) is 0 Å². The second-order valence-electron chi connectivity index (χ2n) is 2.06. The van der Waals surface area contributed by atoms with Crippen LogP contribution in [0.25, 0.3) is 0 Å². The molecule has 0 bridgehead atoms. The van der Waals surface area contributed by atoms with Gasteiger partial charge in [-0.3, -0.25) is 5.41 Å². The van der Waals surface area contributed by atoms with Crippen molar-refractivity contribution < 1.29 is 13.2 Å². The van der Waals surface area contributed by atoms with E-state index in [1.807, 2.05) is 0 Å².